The number of halogens is 2. The second kappa shape index (κ2) is 9.27. The Labute approximate surface area is 230 Å². The van der Waals surface area contributed by atoms with Crippen molar-refractivity contribution in [2.75, 3.05) is 31.1 Å². The van der Waals surface area contributed by atoms with Crippen LogP contribution in [0.25, 0.3) is 32.9 Å². The second-order valence-corrected chi connectivity index (χ2v) is 11.3. The van der Waals surface area contributed by atoms with Gasteiger partial charge in [-0.05, 0) is 62.4 Å². The molecular weight excluding hydrogens is 512 g/mol. The van der Waals surface area contributed by atoms with E-state index in [2.05, 4.69) is 27.6 Å². The van der Waals surface area contributed by atoms with Crippen molar-refractivity contribution in [3.63, 3.8) is 0 Å². The van der Waals surface area contributed by atoms with E-state index in [1.54, 1.807) is 30.5 Å². The summed E-state index contributed by atoms with van der Waals surface area (Å²) in [5, 5.41) is 12.4. The predicted octanol–water partition coefficient (Wildman–Crippen LogP) is 5.22. The lowest BCUT2D eigenvalue weighted by molar-refractivity contribution is 0.107. The molecule has 1 N–H and O–H groups in total. The first-order chi connectivity index (χ1) is 19.3. The van der Waals surface area contributed by atoms with Crippen LogP contribution in [0.2, 0.25) is 0 Å². The summed E-state index contributed by atoms with van der Waals surface area (Å²) in [7, 11) is 0. The molecule has 204 valence electrons. The average Bonchev–Trinajstić information content (AvgIpc) is 3.46. The van der Waals surface area contributed by atoms with Gasteiger partial charge in [0.15, 0.2) is 0 Å². The van der Waals surface area contributed by atoms with Crippen LogP contribution in [0.3, 0.4) is 0 Å². The van der Waals surface area contributed by atoms with E-state index < -0.39 is 12.0 Å². The van der Waals surface area contributed by atoms with Crippen molar-refractivity contribution in [2.45, 2.75) is 50.4 Å². The molecule has 0 amide bonds. The maximum atomic E-state index is 14.8. The maximum absolute atomic E-state index is 14.8. The zero-order valence-electron chi connectivity index (χ0n) is 22.2. The summed E-state index contributed by atoms with van der Waals surface area (Å²) < 4.78 is 35.1. The number of rotatable bonds is 5. The van der Waals surface area contributed by atoms with Crippen LogP contribution < -0.4 is 9.64 Å². The summed E-state index contributed by atoms with van der Waals surface area (Å²) in [6.07, 6.45) is 10.0. The third-order valence-electron chi connectivity index (χ3n) is 8.83. The number of alkyl halides is 1. The molecule has 7 nitrogen and oxygen atoms in total. The number of anilines is 1. The molecule has 9 heteroatoms. The van der Waals surface area contributed by atoms with Gasteiger partial charge < -0.3 is 14.7 Å². The monoisotopic (exact) mass is 541 g/mol. The zero-order chi connectivity index (χ0) is 27.6. The molecule has 2 aromatic heterocycles. The molecule has 3 fully saturated rings. The fourth-order valence-electron chi connectivity index (χ4n) is 6.67. The number of benzene rings is 2. The van der Waals surface area contributed by atoms with Gasteiger partial charge in [-0.1, -0.05) is 12.0 Å². The van der Waals surface area contributed by atoms with Crippen LogP contribution in [-0.2, 0) is 0 Å². The average molecular weight is 542 g/mol. The lowest BCUT2D eigenvalue weighted by Gasteiger charge is -2.40. The van der Waals surface area contributed by atoms with E-state index in [4.69, 9.17) is 21.1 Å². The minimum absolute atomic E-state index is 0.0210. The SMILES string of the molecule is C#Cc1c(F)ccc2cc(O)cc(-c3cc4nc(OC[C@@]56CCCN5C[C@H](F)C6)ncc4c(N4CC[C@H]4C)n3)c12. The summed E-state index contributed by atoms with van der Waals surface area (Å²) >= 11 is 0. The first kappa shape index (κ1) is 25.0. The van der Waals surface area contributed by atoms with Crippen molar-refractivity contribution in [3.8, 4) is 35.4 Å². The minimum atomic E-state index is -0.842. The van der Waals surface area contributed by atoms with Gasteiger partial charge in [0.1, 0.15) is 30.2 Å². The predicted molar refractivity (Wildman–Crippen MR) is 150 cm³/mol. The number of fused-ring (bicyclic) bond motifs is 3. The number of hydrogen-bond acceptors (Lipinski definition) is 7. The molecule has 3 saturated heterocycles. The van der Waals surface area contributed by atoms with Crippen molar-refractivity contribution in [2.24, 2.45) is 0 Å². The maximum Gasteiger partial charge on any atom is 0.316 e. The molecule has 0 spiro atoms. The van der Waals surface area contributed by atoms with E-state index in [-0.39, 0.29) is 28.9 Å². The van der Waals surface area contributed by atoms with Gasteiger partial charge in [0.05, 0.1) is 27.7 Å². The van der Waals surface area contributed by atoms with Crippen molar-refractivity contribution in [1.29, 1.82) is 0 Å². The molecule has 3 aliphatic rings. The lowest BCUT2D eigenvalue weighted by Crippen LogP contribution is -2.46. The van der Waals surface area contributed by atoms with Gasteiger partial charge in [-0.3, -0.25) is 4.90 Å². The number of terminal acetylenes is 1. The minimum Gasteiger partial charge on any atom is -0.508 e. The largest absolute Gasteiger partial charge is 0.508 e. The van der Waals surface area contributed by atoms with Gasteiger partial charge in [0, 0.05) is 42.7 Å². The number of aromatic nitrogens is 3. The van der Waals surface area contributed by atoms with Crippen LogP contribution >= 0.6 is 0 Å². The lowest BCUT2D eigenvalue weighted by atomic mass is 9.95. The smallest absolute Gasteiger partial charge is 0.316 e. The molecule has 7 rings (SSSR count). The topological polar surface area (TPSA) is 74.6 Å². The van der Waals surface area contributed by atoms with E-state index in [0.29, 0.717) is 52.9 Å². The Bertz CT molecular complexity index is 1710. The van der Waals surface area contributed by atoms with Crippen LogP contribution in [0.1, 0.15) is 38.2 Å². The number of aromatic hydroxyl groups is 1. The molecule has 3 aliphatic heterocycles. The fourth-order valence-corrected chi connectivity index (χ4v) is 6.67. The summed E-state index contributed by atoms with van der Waals surface area (Å²) in [4.78, 5) is 18.6. The van der Waals surface area contributed by atoms with Gasteiger partial charge in [-0.15, -0.1) is 6.42 Å². The second-order valence-electron chi connectivity index (χ2n) is 11.3. The summed E-state index contributed by atoms with van der Waals surface area (Å²) in [5.41, 5.74) is 1.43. The van der Waals surface area contributed by atoms with E-state index in [1.807, 2.05) is 0 Å². The van der Waals surface area contributed by atoms with Crippen LogP contribution in [0, 0.1) is 18.2 Å². The highest BCUT2D eigenvalue weighted by atomic mass is 19.1. The Kier molecular flexibility index (Phi) is 5.79. The number of phenols is 1. The van der Waals surface area contributed by atoms with Crippen LogP contribution in [0.5, 0.6) is 11.8 Å². The number of phenolic OH excluding ortho intramolecular Hbond substituents is 1. The first-order valence-electron chi connectivity index (χ1n) is 13.7. The van der Waals surface area contributed by atoms with Gasteiger partial charge in [-0.25, -0.2) is 18.7 Å². The Balaban J connectivity index is 1.35. The van der Waals surface area contributed by atoms with Gasteiger partial charge in [0.25, 0.3) is 0 Å². The molecule has 0 saturated carbocycles. The Morgan fingerprint density at radius 3 is 2.88 bits per heavy atom. The highest BCUT2D eigenvalue weighted by molar-refractivity contribution is 6.03. The van der Waals surface area contributed by atoms with E-state index in [1.165, 1.54) is 6.07 Å². The number of ether oxygens (including phenoxy) is 1. The molecule has 2 aromatic carbocycles. The summed E-state index contributed by atoms with van der Waals surface area (Å²) in [5.74, 6) is 2.69. The summed E-state index contributed by atoms with van der Waals surface area (Å²) in [6.45, 7) is 4.62. The molecule has 40 heavy (non-hydrogen) atoms. The van der Waals surface area contributed by atoms with Crippen molar-refractivity contribution in [1.82, 2.24) is 19.9 Å². The van der Waals surface area contributed by atoms with Crippen LogP contribution in [-0.4, -0.2) is 69.0 Å². The Morgan fingerprint density at radius 2 is 2.10 bits per heavy atom. The van der Waals surface area contributed by atoms with Crippen molar-refractivity contribution in [3.05, 3.63) is 47.9 Å². The third-order valence-corrected chi connectivity index (χ3v) is 8.83. The van der Waals surface area contributed by atoms with Gasteiger partial charge in [-0.2, -0.15) is 4.98 Å². The molecule has 0 bridgehead atoms. The van der Waals surface area contributed by atoms with Crippen molar-refractivity contribution < 1.29 is 18.6 Å². The van der Waals surface area contributed by atoms with Crippen molar-refractivity contribution >= 4 is 27.5 Å². The van der Waals surface area contributed by atoms with Crippen LogP contribution in [0.15, 0.2) is 36.5 Å². The van der Waals surface area contributed by atoms with E-state index in [0.717, 1.165) is 37.7 Å². The highest BCUT2D eigenvalue weighted by Crippen LogP contribution is 2.41. The number of nitrogens with zero attached hydrogens (tertiary/aromatic N) is 5. The molecule has 5 heterocycles. The molecule has 3 atom stereocenters. The zero-order valence-corrected chi connectivity index (χ0v) is 22.2. The Morgan fingerprint density at radius 1 is 1.23 bits per heavy atom. The molecule has 0 radical (unpaired) electrons. The van der Waals surface area contributed by atoms with E-state index >= 15 is 0 Å². The molecule has 0 unspecified atom stereocenters. The first-order valence-corrected chi connectivity index (χ1v) is 13.7. The number of pyridine rings is 1. The fraction of sp³-hybridized carbons (Fsp3) is 0.387. The third kappa shape index (κ3) is 3.93. The molecule has 0 aliphatic carbocycles. The highest BCUT2D eigenvalue weighted by Gasteiger charge is 2.49. The normalized spacial score (nSPS) is 24.3. The van der Waals surface area contributed by atoms with E-state index in [9.17, 15) is 13.9 Å². The molecular formula is C31H29F2N5O2. The van der Waals surface area contributed by atoms with Gasteiger partial charge >= 0.3 is 6.01 Å². The molecule has 4 aromatic rings. The van der Waals surface area contributed by atoms with Gasteiger partial charge in [0.2, 0.25) is 0 Å². The summed E-state index contributed by atoms with van der Waals surface area (Å²) in [6, 6.07) is 8.31. The van der Waals surface area contributed by atoms with Crippen LogP contribution in [0.4, 0.5) is 14.6 Å². The Hall–Kier alpha value is -4.03. The standard InChI is InChI=1S/C31H29F2N5O2/c1-3-22-25(33)6-5-19-11-21(39)12-23(28(19)22)26-13-27-24(29(35-26)38-10-7-18(38)2)15-34-30(36-27)40-17-31-8-4-9-37(31)16-20(32)14-31/h1,5-6,11-13,15,18,20,39H,4,7-10,14,16-17H2,2H3/t18-,20-,31+/m1/s1. The number of hydrogen-bond donors (Lipinski definition) is 1. The quantitative estimate of drug-likeness (QED) is 0.347.